The van der Waals surface area contributed by atoms with Gasteiger partial charge in [-0.3, -0.25) is 9.09 Å². The number of phosphoric ester groups is 1. The first-order chi connectivity index (χ1) is 13.8. The number of ether oxygens (including phenoxy) is 1. The van der Waals surface area contributed by atoms with Crippen LogP contribution in [0.25, 0.3) is 0 Å². The zero-order chi connectivity index (χ0) is 22.3. The van der Waals surface area contributed by atoms with Crippen LogP contribution in [0.2, 0.25) is 0 Å². The Bertz CT molecular complexity index is 981. The number of nitrogens with zero attached hydrogens (tertiary/aromatic N) is 3. The topological polar surface area (TPSA) is 237 Å². The van der Waals surface area contributed by atoms with Gasteiger partial charge < -0.3 is 35.4 Å². The van der Waals surface area contributed by atoms with E-state index in [1.165, 1.54) is 10.9 Å². The molecule has 7 N–H and O–H groups in total. The normalized spacial score (nSPS) is 28.2. The summed E-state index contributed by atoms with van der Waals surface area (Å²) in [5.41, 5.74) is 6.07. The molecule has 0 spiro atoms. The first kappa shape index (κ1) is 23.4. The second-order valence-corrected chi connectivity index (χ2v) is 10.4. The van der Waals surface area contributed by atoms with Crippen molar-refractivity contribution >= 4 is 35.1 Å². The van der Waals surface area contributed by atoms with Crippen LogP contribution in [0.15, 0.2) is 11.3 Å². The summed E-state index contributed by atoms with van der Waals surface area (Å²) in [5, 5.41) is 2.91. The Balaban J connectivity index is 1.61. The van der Waals surface area contributed by atoms with Gasteiger partial charge in [0.15, 0.2) is 0 Å². The second kappa shape index (κ2) is 8.37. The lowest BCUT2D eigenvalue weighted by Gasteiger charge is -2.20. The number of anilines is 1. The number of hydrogen-bond acceptors (Lipinski definition) is 11. The van der Waals surface area contributed by atoms with Crippen molar-refractivity contribution < 1.29 is 55.5 Å². The largest absolute Gasteiger partial charge is 0.490 e. The number of hydrogen-bond donors (Lipinski definition) is 6. The molecule has 170 valence electrons. The highest BCUT2D eigenvalue weighted by Gasteiger charge is 2.43. The number of alkyl halides is 1. The summed E-state index contributed by atoms with van der Waals surface area (Å²) in [5.74, 6) is 0.620. The summed E-state index contributed by atoms with van der Waals surface area (Å²) in [6, 6.07) is 0. The van der Waals surface area contributed by atoms with E-state index in [9.17, 15) is 23.0 Å². The summed E-state index contributed by atoms with van der Waals surface area (Å²) in [4.78, 5) is 43.5. The van der Waals surface area contributed by atoms with E-state index in [-0.39, 0.29) is 18.9 Å². The molecule has 0 saturated carbocycles. The second-order valence-electron chi connectivity index (χ2n) is 5.99. The van der Waals surface area contributed by atoms with Crippen LogP contribution in [0.3, 0.4) is 0 Å². The first-order valence-corrected chi connectivity index (χ1v) is 12.5. The highest BCUT2D eigenvalue weighted by Crippen LogP contribution is 2.66. The standard InChI is InChI=1S/C10H17FN5O11P3/c11-5-1-7(16-4-15-8-9(12)13-3-14-10(8)16)25-6(5)2-24-29(20,21)27-30(22,23)26-28(17,18)19/h4-7,14H,1-3H2,(H2,12,13)(H,20,21)(H,22,23)(H2,17,18,19). The van der Waals surface area contributed by atoms with E-state index in [1.54, 1.807) is 0 Å². The number of imidazole rings is 1. The summed E-state index contributed by atoms with van der Waals surface area (Å²) < 4.78 is 66.4. The molecule has 0 aromatic carbocycles. The van der Waals surface area contributed by atoms with E-state index >= 15 is 0 Å². The third-order valence-corrected chi connectivity index (χ3v) is 7.63. The molecule has 1 saturated heterocycles. The van der Waals surface area contributed by atoms with Gasteiger partial charge in [-0.2, -0.15) is 8.62 Å². The third-order valence-electron chi connectivity index (χ3n) is 3.82. The molecular formula is C10H17FN5O11P3. The summed E-state index contributed by atoms with van der Waals surface area (Å²) in [6.07, 6.45) is -2.79. The van der Waals surface area contributed by atoms with Crippen LogP contribution in [0.1, 0.15) is 18.3 Å². The molecule has 2 aliphatic rings. The zero-order valence-electron chi connectivity index (χ0n) is 14.7. The highest BCUT2D eigenvalue weighted by molar-refractivity contribution is 7.66. The van der Waals surface area contributed by atoms with Gasteiger partial charge in [-0.15, -0.1) is 0 Å². The summed E-state index contributed by atoms with van der Waals surface area (Å²) in [6.45, 7) is -0.721. The molecular weight excluding hydrogens is 478 g/mol. The smallest absolute Gasteiger partial charge is 0.382 e. The van der Waals surface area contributed by atoms with Crippen LogP contribution < -0.4 is 11.1 Å². The molecule has 3 heterocycles. The Kier molecular flexibility index (Phi) is 6.54. The Labute approximate surface area is 167 Å². The van der Waals surface area contributed by atoms with Crippen molar-refractivity contribution in [1.82, 2.24) is 9.55 Å². The van der Waals surface area contributed by atoms with Crippen LogP contribution in [-0.2, 0) is 31.6 Å². The van der Waals surface area contributed by atoms with Gasteiger partial charge in [0.25, 0.3) is 0 Å². The number of rotatable bonds is 8. The lowest BCUT2D eigenvalue weighted by molar-refractivity contribution is -0.0323. The van der Waals surface area contributed by atoms with Gasteiger partial charge in [0.2, 0.25) is 0 Å². The molecule has 1 fully saturated rings. The van der Waals surface area contributed by atoms with Crippen LogP contribution >= 0.6 is 23.5 Å². The fraction of sp³-hybridized carbons (Fsp3) is 0.600. The Hall–Kier alpha value is -1.22. The van der Waals surface area contributed by atoms with Crippen molar-refractivity contribution in [3.63, 3.8) is 0 Å². The monoisotopic (exact) mass is 495 g/mol. The van der Waals surface area contributed by atoms with Crippen LogP contribution in [-0.4, -0.2) is 60.5 Å². The number of aromatic nitrogens is 2. The minimum Gasteiger partial charge on any atom is -0.382 e. The molecule has 3 rings (SSSR count). The molecule has 1 aromatic rings. The van der Waals surface area contributed by atoms with Gasteiger partial charge in [-0.25, -0.2) is 28.1 Å². The zero-order valence-corrected chi connectivity index (χ0v) is 17.4. The predicted octanol–water partition coefficient (Wildman–Crippen LogP) is -0.0597. The van der Waals surface area contributed by atoms with Crippen molar-refractivity contribution in [2.45, 2.75) is 24.9 Å². The van der Waals surface area contributed by atoms with Crippen LogP contribution in [0.5, 0.6) is 0 Å². The molecule has 20 heteroatoms. The molecule has 16 nitrogen and oxygen atoms in total. The SMILES string of the molecule is NC1=NCNc2c1ncn2C1CC(F)C(COP(=O)(O)OP(=O)(O)OP(=O)(O)O)O1. The van der Waals surface area contributed by atoms with Gasteiger partial charge in [0, 0.05) is 6.42 Å². The number of fused-ring (bicyclic) bond motifs is 1. The fourth-order valence-electron chi connectivity index (χ4n) is 2.70. The maximum Gasteiger partial charge on any atom is 0.490 e. The minimum atomic E-state index is -5.66. The van der Waals surface area contributed by atoms with Gasteiger partial charge in [-0.1, -0.05) is 0 Å². The van der Waals surface area contributed by atoms with Crippen LogP contribution in [0, 0.1) is 0 Å². The van der Waals surface area contributed by atoms with Gasteiger partial charge in [-0.05, 0) is 0 Å². The van der Waals surface area contributed by atoms with E-state index in [0.717, 1.165) is 0 Å². The molecule has 0 bridgehead atoms. The van der Waals surface area contributed by atoms with Gasteiger partial charge in [0.1, 0.15) is 42.5 Å². The van der Waals surface area contributed by atoms with Gasteiger partial charge >= 0.3 is 23.5 Å². The van der Waals surface area contributed by atoms with Crippen molar-refractivity contribution in [2.24, 2.45) is 10.7 Å². The molecule has 5 unspecified atom stereocenters. The van der Waals surface area contributed by atoms with E-state index in [0.29, 0.717) is 11.5 Å². The molecule has 0 amide bonds. The minimum absolute atomic E-state index is 0.172. The molecule has 1 aromatic heterocycles. The molecule has 5 atom stereocenters. The molecule has 30 heavy (non-hydrogen) atoms. The fourth-order valence-corrected chi connectivity index (χ4v) is 5.73. The number of aliphatic imine (C=N–C) groups is 1. The molecule has 0 aliphatic carbocycles. The predicted molar refractivity (Wildman–Crippen MR) is 94.7 cm³/mol. The first-order valence-electron chi connectivity index (χ1n) is 7.95. The lowest BCUT2D eigenvalue weighted by Crippen LogP contribution is -2.25. The molecule has 0 radical (unpaired) electrons. The lowest BCUT2D eigenvalue weighted by atomic mass is 10.2. The Morgan fingerprint density at radius 1 is 1.27 bits per heavy atom. The third kappa shape index (κ3) is 5.72. The number of halogens is 1. The summed E-state index contributed by atoms with van der Waals surface area (Å²) >= 11 is 0. The molecule has 2 aliphatic heterocycles. The highest BCUT2D eigenvalue weighted by atomic mass is 31.3. The van der Waals surface area contributed by atoms with Crippen LogP contribution in [0.4, 0.5) is 10.2 Å². The average molecular weight is 495 g/mol. The quantitative estimate of drug-likeness (QED) is 0.259. The number of nitrogens with one attached hydrogen (secondary N) is 1. The van der Waals surface area contributed by atoms with Crippen molar-refractivity contribution in [1.29, 1.82) is 0 Å². The van der Waals surface area contributed by atoms with E-state index < -0.39 is 48.6 Å². The Morgan fingerprint density at radius 2 is 1.97 bits per heavy atom. The van der Waals surface area contributed by atoms with Gasteiger partial charge in [0.05, 0.1) is 12.9 Å². The Morgan fingerprint density at radius 3 is 2.63 bits per heavy atom. The maximum absolute atomic E-state index is 14.3. The number of amidine groups is 1. The van der Waals surface area contributed by atoms with E-state index in [4.69, 9.17) is 25.2 Å². The van der Waals surface area contributed by atoms with E-state index in [1.807, 2.05) is 0 Å². The number of phosphoric acid groups is 3. The van der Waals surface area contributed by atoms with Crippen molar-refractivity contribution in [3.8, 4) is 0 Å². The maximum atomic E-state index is 14.3. The van der Waals surface area contributed by atoms with Crippen molar-refractivity contribution in [3.05, 3.63) is 12.0 Å². The van der Waals surface area contributed by atoms with Crippen molar-refractivity contribution in [2.75, 3.05) is 18.6 Å². The average Bonchev–Trinajstić information content (AvgIpc) is 3.14. The number of nitrogens with two attached hydrogens (primary N) is 1. The van der Waals surface area contributed by atoms with E-state index in [2.05, 4.69) is 28.4 Å². The summed E-state index contributed by atoms with van der Waals surface area (Å²) in [7, 11) is -16.6.